The molecule has 2 aromatic carbocycles. The van der Waals surface area contributed by atoms with Crippen molar-refractivity contribution < 1.29 is 14.5 Å². The zero-order valence-electron chi connectivity index (χ0n) is 12.4. The van der Waals surface area contributed by atoms with Gasteiger partial charge in [0.1, 0.15) is 5.75 Å². The fourth-order valence-corrected chi connectivity index (χ4v) is 4.22. The molecule has 0 aliphatic carbocycles. The van der Waals surface area contributed by atoms with Crippen molar-refractivity contribution in [3.8, 4) is 5.75 Å². The van der Waals surface area contributed by atoms with Crippen LogP contribution in [-0.2, 0) is 4.79 Å². The van der Waals surface area contributed by atoms with Gasteiger partial charge in [-0.05, 0) is 44.0 Å². The summed E-state index contributed by atoms with van der Waals surface area (Å²) in [6.07, 6.45) is 1.32. The Bertz CT molecular complexity index is 820. The van der Waals surface area contributed by atoms with Crippen LogP contribution in [0.2, 0.25) is 0 Å². The van der Waals surface area contributed by atoms with Gasteiger partial charge in [0.2, 0.25) is 0 Å². The maximum Gasteiger partial charge on any atom is 0.277 e. The molecule has 2 rings (SSSR count). The Hall–Kier alpha value is -1.78. The molecule has 0 fully saturated rings. The third-order valence-electron chi connectivity index (χ3n) is 2.79. The summed E-state index contributed by atoms with van der Waals surface area (Å²) in [7, 11) is 0. The van der Waals surface area contributed by atoms with E-state index in [1.807, 2.05) is 0 Å². The Morgan fingerprint density at radius 3 is 2.56 bits per heavy atom. The van der Waals surface area contributed by atoms with Crippen molar-refractivity contribution in [1.82, 2.24) is 5.43 Å². The fraction of sp³-hybridized carbons (Fsp3) is 0.0667. The Labute approximate surface area is 168 Å². The van der Waals surface area contributed by atoms with Crippen LogP contribution in [0.3, 0.4) is 0 Å². The summed E-state index contributed by atoms with van der Waals surface area (Å²) < 4.78 is 7.66. The van der Waals surface area contributed by atoms with E-state index in [0.29, 0.717) is 20.3 Å². The maximum atomic E-state index is 11.8. The second-order valence-corrected chi connectivity index (χ2v) is 7.26. The molecule has 0 atom stereocenters. The molecule has 1 N–H and O–H groups in total. The van der Waals surface area contributed by atoms with Gasteiger partial charge >= 0.3 is 0 Å². The van der Waals surface area contributed by atoms with Crippen LogP contribution in [0.25, 0.3) is 0 Å². The molecule has 0 aliphatic heterocycles. The monoisotopic (exact) mass is 533 g/mol. The second kappa shape index (κ2) is 9.07. The fourth-order valence-electron chi connectivity index (χ4n) is 1.73. The summed E-state index contributed by atoms with van der Waals surface area (Å²) in [6, 6.07) is 9.47. The number of ether oxygens (including phenoxy) is 1. The van der Waals surface area contributed by atoms with Crippen molar-refractivity contribution in [2.75, 3.05) is 6.61 Å². The number of amides is 1. The standard InChI is InChI=1S/C15H10Br3N3O4/c16-10-5-12(17)15(13(18)6-10)25-8-14(22)20-19-7-9-2-1-3-11(4-9)21(23)24/h1-7H,8H2,(H,20,22). The quantitative estimate of drug-likeness (QED) is 0.337. The molecule has 7 nitrogen and oxygen atoms in total. The molecule has 0 aliphatic rings. The number of hydrogen-bond acceptors (Lipinski definition) is 5. The minimum Gasteiger partial charge on any atom is -0.481 e. The van der Waals surface area contributed by atoms with E-state index in [9.17, 15) is 14.9 Å². The van der Waals surface area contributed by atoms with Crippen molar-refractivity contribution in [2.45, 2.75) is 0 Å². The van der Waals surface area contributed by atoms with Crippen molar-refractivity contribution >= 4 is 65.6 Å². The maximum absolute atomic E-state index is 11.8. The second-order valence-electron chi connectivity index (χ2n) is 4.63. The van der Waals surface area contributed by atoms with Gasteiger partial charge in [-0.15, -0.1) is 0 Å². The highest BCUT2D eigenvalue weighted by Gasteiger charge is 2.10. The first-order chi connectivity index (χ1) is 11.9. The van der Waals surface area contributed by atoms with E-state index in [1.54, 1.807) is 18.2 Å². The molecule has 10 heteroatoms. The Kier molecular flexibility index (Phi) is 7.09. The van der Waals surface area contributed by atoms with Crippen LogP contribution in [0.15, 0.2) is 54.9 Å². The van der Waals surface area contributed by atoms with E-state index in [4.69, 9.17) is 4.74 Å². The molecule has 0 heterocycles. The van der Waals surface area contributed by atoms with Gasteiger partial charge in [0.05, 0.1) is 20.1 Å². The number of rotatable bonds is 6. The van der Waals surface area contributed by atoms with Crippen LogP contribution in [0, 0.1) is 10.1 Å². The van der Waals surface area contributed by atoms with Gasteiger partial charge in [-0.2, -0.15) is 5.10 Å². The van der Waals surface area contributed by atoms with Crippen molar-refractivity contribution in [3.63, 3.8) is 0 Å². The van der Waals surface area contributed by atoms with Gasteiger partial charge in [0.15, 0.2) is 6.61 Å². The average Bonchev–Trinajstić information content (AvgIpc) is 2.54. The van der Waals surface area contributed by atoms with Crippen LogP contribution >= 0.6 is 47.8 Å². The first-order valence-corrected chi connectivity index (χ1v) is 9.08. The highest BCUT2D eigenvalue weighted by atomic mass is 79.9. The number of nitrogens with zero attached hydrogens (tertiary/aromatic N) is 2. The number of hydrazone groups is 1. The van der Waals surface area contributed by atoms with Crippen molar-refractivity contribution in [1.29, 1.82) is 0 Å². The molecule has 25 heavy (non-hydrogen) atoms. The van der Waals surface area contributed by atoms with Crippen LogP contribution in [0.4, 0.5) is 5.69 Å². The molecule has 0 unspecified atom stereocenters. The molecule has 1 amide bonds. The first kappa shape index (κ1) is 19.5. The van der Waals surface area contributed by atoms with Crippen molar-refractivity contribution in [3.05, 3.63) is 65.5 Å². The number of carbonyl (C=O) groups excluding carboxylic acids is 1. The number of nitrogens with one attached hydrogen (secondary N) is 1. The zero-order valence-corrected chi connectivity index (χ0v) is 17.2. The topological polar surface area (TPSA) is 93.8 Å². The van der Waals surface area contributed by atoms with Gasteiger partial charge in [0, 0.05) is 22.2 Å². The van der Waals surface area contributed by atoms with Crippen LogP contribution < -0.4 is 10.2 Å². The molecular formula is C15H10Br3N3O4. The number of nitro benzene ring substituents is 1. The van der Waals surface area contributed by atoms with Crippen molar-refractivity contribution in [2.24, 2.45) is 5.10 Å². The highest BCUT2D eigenvalue weighted by molar-refractivity contribution is 9.11. The SMILES string of the molecule is O=C(COc1c(Br)cc(Br)cc1Br)NN=Cc1cccc([N+](=O)[O-])c1. The Morgan fingerprint density at radius 1 is 1.24 bits per heavy atom. The molecular weight excluding hydrogens is 526 g/mol. The predicted molar refractivity (Wildman–Crippen MR) is 104 cm³/mol. The molecule has 2 aromatic rings. The van der Waals surface area contributed by atoms with E-state index in [0.717, 1.165) is 4.47 Å². The molecule has 0 bridgehead atoms. The summed E-state index contributed by atoms with van der Waals surface area (Å²) in [4.78, 5) is 22.0. The zero-order chi connectivity index (χ0) is 18.4. The molecule has 0 saturated heterocycles. The summed E-state index contributed by atoms with van der Waals surface area (Å²) in [5.41, 5.74) is 2.74. The van der Waals surface area contributed by atoms with E-state index in [1.165, 1.54) is 24.4 Å². The predicted octanol–water partition coefficient (Wildman–Crippen LogP) is 4.41. The smallest absolute Gasteiger partial charge is 0.277 e. The van der Waals surface area contributed by atoms with Gasteiger partial charge < -0.3 is 4.74 Å². The largest absolute Gasteiger partial charge is 0.481 e. The van der Waals surface area contributed by atoms with Crippen LogP contribution in [-0.4, -0.2) is 23.7 Å². The number of hydrogen-bond donors (Lipinski definition) is 1. The lowest BCUT2D eigenvalue weighted by Crippen LogP contribution is -2.24. The minimum atomic E-state index is -0.502. The molecule has 0 spiro atoms. The van der Waals surface area contributed by atoms with E-state index in [-0.39, 0.29) is 12.3 Å². The lowest BCUT2D eigenvalue weighted by atomic mass is 10.2. The first-order valence-electron chi connectivity index (χ1n) is 6.70. The number of carbonyl (C=O) groups is 1. The molecule has 0 aromatic heterocycles. The molecule has 130 valence electrons. The average molecular weight is 536 g/mol. The van der Waals surface area contributed by atoms with Gasteiger partial charge in [-0.1, -0.05) is 28.1 Å². The van der Waals surface area contributed by atoms with Gasteiger partial charge in [0.25, 0.3) is 11.6 Å². The van der Waals surface area contributed by atoms with E-state index >= 15 is 0 Å². The Balaban J connectivity index is 1.91. The number of non-ortho nitro benzene ring substituents is 1. The Morgan fingerprint density at radius 2 is 1.92 bits per heavy atom. The highest BCUT2D eigenvalue weighted by Crippen LogP contribution is 2.36. The van der Waals surface area contributed by atoms with Crippen LogP contribution in [0.1, 0.15) is 5.56 Å². The number of nitro groups is 1. The lowest BCUT2D eigenvalue weighted by molar-refractivity contribution is -0.384. The normalized spacial score (nSPS) is 10.7. The number of benzene rings is 2. The third-order valence-corrected chi connectivity index (χ3v) is 4.43. The molecule has 0 radical (unpaired) electrons. The summed E-state index contributed by atoms with van der Waals surface area (Å²) in [5.74, 6) is 0.0180. The van der Waals surface area contributed by atoms with E-state index in [2.05, 4.69) is 58.3 Å². The summed E-state index contributed by atoms with van der Waals surface area (Å²) in [5, 5.41) is 14.5. The summed E-state index contributed by atoms with van der Waals surface area (Å²) >= 11 is 10.0. The lowest BCUT2D eigenvalue weighted by Gasteiger charge is -2.09. The van der Waals surface area contributed by atoms with Gasteiger partial charge in [-0.25, -0.2) is 5.43 Å². The number of halogens is 3. The minimum absolute atomic E-state index is 0.0523. The molecule has 0 saturated carbocycles. The van der Waals surface area contributed by atoms with Gasteiger partial charge in [-0.3, -0.25) is 14.9 Å². The summed E-state index contributed by atoms with van der Waals surface area (Å²) in [6.45, 7) is -0.245. The van der Waals surface area contributed by atoms with E-state index < -0.39 is 10.8 Å². The third kappa shape index (κ3) is 5.91. The van der Waals surface area contributed by atoms with Crippen LogP contribution in [0.5, 0.6) is 5.75 Å².